The van der Waals surface area contributed by atoms with Crippen molar-refractivity contribution in [1.29, 1.82) is 0 Å². The van der Waals surface area contributed by atoms with Crippen LogP contribution in [0.15, 0.2) is 42.5 Å². The lowest BCUT2D eigenvalue weighted by Gasteiger charge is -2.14. The number of carbonyl (C=O) groups excluding carboxylic acids is 3. The molecule has 108 valence electrons. The van der Waals surface area contributed by atoms with Crippen LogP contribution >= 0.6 is 0 Å². The van der Waals surface area contributed by atoms with Gasteiger partial charge in [0.05, 0.1) is 11.8 Å². The smallest absolute Gasteiger partial charge is 0.244 e. The maximum Gasteiger partial charge on any atom is 0.244 e. The van der Waals surface area contributed by atoms with Gasteiger partial charge in [-0.2, -0.15) is 0 Å². The Bertz CT molecular complexity index is 583. The first kappa shape index (κ1) is 13.5. The molecule has 1 N–H and O–H groups in total. The van der Waals surface area contributed by atoms with Crippen molar-refractivity contribution in [2.45, 2.75) is 12.8 Å². The summed E-state index contributed by atoms with van der Waals surface area (Å²) in [5.74, 6) is -1.37. The van der Waals surface area contributed by atoms with Gasteiger partial charge in [0, 0.05) is 5.69 Å². The van der Waals surface area contributed by atoms with Gasteiger partial charge in [-0.05, 0) is 25.0 Å². The fraction of sp³-hybridized carbons (Fsp3) is 0.312. The molecular formula is C16H16N2O3. The fourth-order valence-corrected chi connectivity index (χ4v) is 2.89. The molecule has 0 bridgehead atoms. The number of carbonyl (C=O) groups is 3. The fourth-order valence-electron chi connectivity index (χ4n) is 2.89. The van der Waals surface area contributed by atoms with E-state index in [2.05, 4.69) is 5.32 Å². The highest BCUT2D eigenvalue weighted by atomic mass is 16.2. The molecule has 2 atom stereocenters. The molecule has 3 rings (SSSR count). The van der Waals surface area contributed by atoms with E-state index in [1.807, 2.05) is 30.4 Å². The molecule has 0 radical (unpaired) electrons. The second-order valence-electron chi connectivity index (χ2n) is 5.33. The molecule has 0 saturated carbocycles. The molecule has 1 fully saturated rings. The summed E-state index contributed by atoms with van der Waals surface area (Å²) in [4.78, 5) is 37.5. The lowest BCUT2D eigenvalue weighted by molar-refractivity contribution is -0.142. The van der Waals surface area contributed by atoms with Gasteiger partial charge in [0.2, 0.25) is 17.7 Å². The third-order valence-electron chi connectivity index (χ3n) is 3.96. The third-order valence-corrected chi connectivity index (χ3v) is 3.96. The minimum atomic E-state index is -0.352. The SMILES string of the molecule is O=C(CN1C(=O)[C@@H]2CC=CC[C@H]2C1=O)Nc1ccccc1. The summed E-state index contributed by atoms with van der Waals surface area (Å²) < 4.78 is 0. The quantitative estimate of drug-likeness (QED) is 0.677. The lowest BCUT2D eigenvalue weighted by Crippen LogP contribution is -2.38. The first-order chi connectivity index (χ1) is 10.2. The molecule has 0 aromatic heterocycles. The van der Waals surface area contributed by atoms with E-state index in [-0.39, 0.29) is 36.1 Å². The molecule has 0 unspecified atom stereocenters. The zero-order chi connectivity index (χ0) is 14.8. The standard InChI is InChI=1S/C16H16N2O3/c19-14(17-11-6-2-1-3-7-11)10-18-15(20)12-8-4-5-9-13(12)16(18)21/h1-7,12-13H,8-10H2,(H,17,19)/t12-,13-/m1/s1. The minimum Gasteiger partial charge on any atom is -0.325 e. The van der Waals surface area contributed by atoms with Gasteiger partial charge in [-0.15, -0.1) is 0 Å². The first-order valence-corrected chi connectivity index (χ1v) is 7.02. The molecule has 1 aromatic rings. The van der Waals surface area contributed by atoms with E-state index < -0.39 is 0 Å². The van der Waals surface area contributed by atoms with E-state index in [0.29, 0.717) is 18.5 Å². The van der Waals surface area contributed by atoms with Gasteiger partial charge in [0.25, 0.3) is 0 Å². The number of imide groups is 1. The topological polar surface area (TPSA) is 66.5 Å². The van der Waals surface area contributed by atoms with E-state index in [0.717, 1.165) is 4.90 Å². The Kier molecular flexibility index (Phi) is 3.56. The number of amides is 3. The van der Waals surface area contributed by atoms with Crippen molar-refractivity contribution < 1.29 is 14.4 Å². The van der Waals surface area contributed by atoms with Crippen molar-refractivity contribution in [3.05, 3.63) is 42.5 Å². The van der Waals surface area contributed by atoms with Crippen molar-refractivity contribution in [3.8, 4) is 0 Å². The lowest BCUT2D eigenvalue weighted by atomic mass is 9.85. The second kappa shape index (κ2) is 5.52. The highest BCUT2D eigenvalue weighted by Crippen LogP contribution is 2.34. The number of anilines is 1. The average Bonchev–Trinajstić information content (AvgIpc) is 2.74. The summed E-state index contributed by atoms with van der Waals surface area (Å²) in [5.41, 5.74) is 0.653. The molecule has 0 spiro atoms. The van der Waals surface area contributed by atoms with Crippen LogP contribution in [0.4, 0.5) is 5.69 Å². The molecule has 1 heterocycles. The first-order valence-electron chi connectivity index (χ1n) is 7.02. The maximum atomic E-state index is 12.2. The number of hydrogen-bond donors (Lipinski definition) is 1. The number of benzene rings is 1. The molecule has 3 amide bonds. The number of para-hydroxylation sites is 1. The van der Waals surface area contributed by atoms with Crippen molar-refractivity contribution in [3.63, 3.8) is 0 Å². The molecule has 1 aromatic carbocycles. The molecule has 1 saturated heterocycles. The van der Waals surface area contributed by atoms with Gasteiger partial charge in [0.1, 0.15) is 6.54 Å². The Morgan fingerprint density at radius 1 is 1.05 bits per heavy atom. The number of nitrogens with one attached hydrogen (secondary N) is 1. The highest BCUT2D eigenvalue weighted by Gasteiger charge is 2.47. The van der Waals surface area contributed by atoms with Crippen molar-refractivity contribution >= 4 is 23.4 Å². The Balaban J connectivity index is 1.66. The molecule has 2 aliphatic rings. The summed E-state index contributed by atoms with van der Waals surface area (Å²) in [6.07, 6.45) is 5.04. The van der Waals surface area contributed by atoms with E-state index >= 15 is 0 Å². The van der Waals surface area contributed by atoms with E-state index in [4.69, 9.17) is 0 Å². The normalized spacial score (nSPS) is 24.1. The zero-order valence-electron chi connectivity index (χ0n) is 11.5. The summed E-state index contributed by atoms with van der Waals surface area (Å²) in [6.45, 7) is -0.209. The van der Waals surface area contributed by atoms with Crippen molar-refractivity contribution in [2.75, 3.05) is 11.9 Å². The largest absolute Gasteiger partial charge is 0.325 e. The number of rotatable bonds is 3. The maximum absolute atomic E-state index is 12.2. The zero-order valence-corrected chi connectivity index (χ0v) is 11.5. The Morgan fingerprint density at radius 3 is 2.19 bits per heavy atom. The number of fused-ring (bicyclic) bond motifs is 1. The molecule has 21 heavy (non-hydrogen) atoms. The average molecular weight is 284 g/mol. The number of likely N-dealkylation sites (tertiary alicyclic amines) is 1. The molecule has 5 heteroatoms. The summed E-state index contributed by atoms with van der Waals surface area (Å²) in [7, 11) is 0. The van der Waals surface area contributed by atoms with Gasteiger partial charge in [0.15, 0.2) is 0 Å². The highest BCUT2D eigenvalue weighted by molar-refractivity contribution is 6.08. The van der Waals surface area contributed by atoms with Crippen LogP contribution in [0.2, 0.25) is 0 Å². The summed E-state index contributed by atoms with van der Waals surface area (Å²) in [5, 5.41) is 2.69. The second-order valence-corrected chi connectivity index (χ2v) is 5.33. The molecule has 1 aliphatic heterocycles. The predicted molar refractivity (Wildman–Crippen MR) is 77.1 cm³/mol. The van der Waals surface area contributed by atoms with Gasteiger partial charge in [-0.1, -0.05) is 30.4 Å². The third kappa shape index (κ3) is 2.59. The van der Waals surface area contributed by atoms with Crippen LogP contribution < -0.4 is 5.32 Å². The Morgan fingerprint density at radius 2 is 1.62 bits per heavy atom. The molecule has 1 aliphatic carbocycles. The summed E-state index contributed by atoms with van der Waals surface area (Å²) >= 11 is 0. The van der Waals surface area contributed by atoms with Crippen LogP contribution in [0.1, 0.15) is 12.8 Å². The molecular weight excluding hydrogens is 268 g/mol. The van der Waals surface area contributed by atoms with Crippen molar-refractivity contribution in [1.82, 2.24) is 4.90 Å². The van der Waals surface area contributed by atoms with Gasteiger partial charge >= 0.3 is 0 Å². The number of nitrogens with zero attached hydrogens (tertiary/aromatic N) is 1. The van der Waals surface area contributed by atoms with Gasteiger partial charge in [-0.3, -0.25) is 19.3 Å². The Hall–Kier alpha value is -2.43. The van der Waals surface area contributed by atoms with Crippen LogP contribution in [-0.2, 0) is 14.4 Å². The monoisotopic (exact) mass is 284 g/mol. The van der Waals surface area contributed by atoms with Crippen LogP contribution in [0.25, 0.3) is 0 Å². The van der Waals surface area contributed by atoms with Crippen LogP contribution in [-0.4, -0.2) is 29.2 Å². The van der Waals surface area contributed by atoms with Gasteiger partial charge < -0.3 is 5.32 Å². The van der Waals surface area contributed by atoms with E-state index in [1.54, 1.807) is 12.1 Å². The summed E-state index contributed by atoms with van der Waals surface area (Å²) in [6, 6.07) is 8.98. The van der Waals surface area contributed by atoms with Gasteiger partial charge in [-0.25, -0.2) is 0 Å². The van der Waals surface area contributed by atoms with E-state index in [1.165, 1.54) is 0 Å². The van der Waals surface area contributed by atoms with Crippen LogP contribution in [0.3, 0.4) is 0 Å². The number of hydrogen-bond acceptors (Lipinski definition) is 3. The number of allylic oxidation sites excluding steroid dienone is 2. The van der Waals surface area contributed by atoms with Crippen LogP contribution in [0.5, 0.6) is 0 Å². The predicted octanol–water partition coefficient (Wildman–Crippen LogP) is 1.58. The Labute approximate surface area is 122 Å². The molecule has 5 nitrogen and oxygen atoms in total. The minimum absolute atomic E-state index is 0.209. The van der Waals surface area contributed by atoms with E-state index in [9.17, 15) is 14.4 Å². The van der Waals surface area contributed by atoms with Crippen molar-refractivity contribution in [2.24, 2.45) is 11.8 Å². The van der Waals surface area contributed by atoms with Crippen LogP contribution in [0, 0.1) is 11.8 Å².